The Balaban J connectivity index is 1.74. The van der Waals surface area contributed by atoms with E-state index in [2.05, 4.69) is 15.5 Å². The van der Waals surface area contributed by atoms with Gasteiger partial charge in [-0.15, -0.1) is 0 Å². The van der Waals surface area contributed by atoms with E-state index in [1.807, 2.05) is 61.6 Å². The van der Waals surface area contributed by atoms with Crippen molar-refractivity contribution in [1.29, 1.82) is 0 Å². The van der Waals surface area contributed by atoms with E-state index in [0.29, 0.717) is 11.7 Å². The molecule has 106 valence electrons. The molecule has 21 heavy (non-hydrogen) atoms. The molecule has 0 unspecified atom stereocenters. The summed E-state index contributed by atoms with van der Waals surface area (Å²) in [5.41, 5.74) is 1.81. The number of benzene rings is 2. The van der Waals surface area contributed by atoms with Crippen molar-refractivity contribution in [2.75, 3.05) is 12.4 Å². The molecule has 0 atom stereocenters. The van der Waals surface area contributed by atoms with Crippen molar-refractivity contribution in [3.05, 3.63) is 60.4 Å². The lowest BCUT2D eigenvalue weighted by Crippen LogP contribution is -1.97. The molecular weight excluding hydrogens is 266 g/mol. The van der Waals surface area contributed by atoms with E-state index >= 15 is 0 Å². The molecule has 5 nitrogen and oxygen atoms in total. The second-order valence-electron chi connectivity index (χ2n) is 4.41. The van der Waals surface area contributed by atoms with Gasteiger partial charge in [0.1, 0.15) is 5.75 Å². The largest absolute Gasteiger partial charge is 0.485 e. The summed E-state index contributed by atoms with van der Waals surface area (Å²) in [6.45, 7) is 0.273. The maximum absolute atomic E-state index is 5.60. The summed E-state index contributed by atoms with van der Waals surface area (Å²) in [7, 11) is 1.86. The minimum Gasteiger partial charge on any atom is -0.485 e. The monoisotopic (exact) mass is 281 g/mol. The van der Waals surface area contributed by atoms with Gasteiger partial charge in [-0.2, -0.15) is 4.98 Å². The van der Waals surface area contributed by atoms with Crippen LogP contribution in [0.25, 0.3) is 11.5 Å². The van der Waals surface area contributed by atoms with Crippen LogP contribution in [0.5, 0.6) is 5.75 Å². The molecule has 3 aromatic rings. The van der Waals surface area contributed by atoms with Crippen LogP contribution in [0, 0.1) is 0 Å². The number of rotatable bonds is 5. The highest BCUT2D eigenvalue weighted by Gasteiger charge is 2.12. The third-order valence-electron chi connectivity index (χ3n) is 3.01. The number of anilines is 1. The highest BCUT2D eigenvalue weighted by molar-refractivity contribution is 5.71. The van der Waals surface area contributed by atoms with Gasteiger partial charge >= 0.3 is 0 Å². The Morgan fingerprint density at radius 2 is 1.81 bits per heavy atom. The van der Waals surface area contributed by atoms with Crippen LogP contribution in [-0.2, 0) is 6.61 Å². The molecule has 0 amide bonds. The van der Waals surface area contributed by atoms with Crippen LogP contribution in [0.4, 0.5) is 5.69 Å². The Morgan fingerprint density at radius 1 is 1.05 bits per heavy atom. The van der Waals surface area contributed by atoms with E-state index in [9.17, 15) is 0 Å². The van der Waals surface area contributed by atoms with Gasteiger partial charge < -0.3 is 14.6 Å². The number of hydrogen-bond donors (Lipinski definition) is 1. The maximum atomic E-state index is 5.60. The van der Waals surface area contributed by atoms with Crippen molar-refractivity contribution < 1.29 is 9.26 Å². The van der Waals surface area contributed by atoms with Crippen LogP contribution in [0.1, 0.15) is 5.82 Å². The standard InChI is InChI=1S/C16H15N3O2/c1-17-14-10-6-5-9-13(14)16-18-15(19-21-16)11-20-12-7-3-2-4-8-12/h2-10,17H,11H2,1H3. The maximum Gasteiger partial charge on any atom is 0.260 e. The van der Waals surface area contributed by atoms with Crippen molar-refractivity contribution >= 4 is 5.69 Å². The quantitative estimate of drug-likeness (QED) is 0.777. The lowest BCUT2D eigenvalue weighted by molar-refractivity contribution is 0.287. The number of aromatic nitrogens is 2. The minimum absolute atomic E-state index is 0.273. The number of nitrogens with zero attached hydrogens (tertiary/aromatic N) is 2. The van der Waals surface area contributed by atoms with Gasteiger partial charge in [-0.25, -0.2) is 0 Å². The summed E-state index contributed by atoms with van der Waals surface area (Å²) >= 11 is 0. The summed E-state index contributed by atoms with van der Waals surface area (Å²) < 4.78 is 10.9. The Morgan fingerprint density at radius 3 is 2.62 bits per heavy atom. The highest BCUT2D eigenvalue weighted by atomic mass is 16.5. The van der Waals surface area contributed by atoms with Gasteiger partial charge in [0.2, 0.25) is 5.82 Å². The number of para-hydroxylation sites is 2. The lowest BCUT2D eigenvalue weighted by atomic mass is 10.2. The van der Waals surface area contributed by atoms with Crippen LogP contribution in [0.3, 0.4) is 0 Å². The SMILES string of the molecule is CNc1ccccc1-c1nc(COc2ccccc2)no1. The smallest absolute Gasteiger partial charge is 0.260 e. The summed E-state index contributed by atoms with van der Waals surface area (Å²) in [4.78, 5) is 4.36. The van der Waals surface area contributed by atoms with Gasteiger partial charge in [-0.1, -0.05) is 35.5 Å². The fourth-order valence-electron chi connectivity index (χ4n) is 1.97. The molecule has 3 rings (SSSR count). The predicted octanol–water partition coefficient (Wildman–Crippen LogP) is 3.36. The van der Waals surface area contributed by atoms with Crippen molar-refractivity contribution in [1.82, 2.24) is 10.1 Å². The topological polar surface area (TPSA) is 60.2 Å². The van der Waals surface area contributed by atoms with Crippen molar-refractivity contribution in [2.24, 2.45) is 0 Å². The van der Waals surface area contributed by atoms with E-state index < -0.39 is 0 Å². The summed E-state index contributed by atoms with van der Waals surface area (Å²) in [6.07, 6.45) is 0. The van der Waals surface area contributed by atoms with Crippen LogP contribution in [0.2, 0.25) is 0 Å². The number of hydrogen-bond acceptors (Lipinski definition) is 5. The Bertz CT molecular complexity index is 710. The van der Waals surface area contributed by atoms with Gasteiger partial charge in [0.15, 0.2) is 6.61 Å². The van der Waals surface area contributed by atoms with E-state index in [1.54, 1.807) is 0 Å². The Labute approximate surface area is 122 Å². The zero-order valence-electron chi connectivity index (χ0n) is 11.6. The van der Waals surface area contributed by atoms with Gasteiger partial charge in [0.05, 0.1) is 5.56 Å². The second-order valence-corrected chi connectivity index (χ2v) is 4.41. The highest BCUT2D eigenvalue weighted by Crippen LogP contribution is 2.25. The fraction of sp³-hybridized carbons (Fsp3) is 0.125. The molecule has 1 aromatic heterocycles. The average Bonchev–Trinajstić information content (AvgIpc) is 3.02. The van der Waals surface area contributed by atoms with E-state index in [0.717, 1.165) is 17.0 Å². The third-order valence-corrected chi connectivity index (χ3v) is 3.01. The molecule has 0 aliphatic rings. The first kappa shape index (κ1) is 13.2. The molecule has 0 bridgehead atoms. The number of ether oxygens (including phenoxy) is 1. The molecular formula is C16H15N3O2. The van der Waals surface area contributed by atoms with Gasteiger partial charge in [0.25, 0.3) is 5.89 Å². The molecule has 0 radical (unpaired) electrons. The lowest BCUT2D eigenvalue weighted by Gasteiger charge is -2.03. The fourth-order valence-corrected chi connectivity index (χ4v) is 1.97. The average molecular weight is 281 g/mol. The summed E-state index contributed by atoms with van der Waals surface area (Å²) in [6, 6.07) is 17.3. The zero-order chi connectivity index (χ0) is 14.5. The Hall–Kier alpha value is -2.82. The second kappa shape index (κ2) is 6.09. The molecule has 0 aliphatic carbocycles. The van der Waals surface area contributed by atoms with Crippen LogP contribution < -0.4 is 10.1 Å². The van der Waals surface area contributed by atoms with Crippen LogP contribution in [0.15, 0.2) is 59.1 Å². The molecule has 0 saturated heterocycles. The minimum atomic E-state index is 0.273. The van der Waals surface area contributed by atoms with E-state index in [-0.39, 0.29) is 6.61 Å². The van der Waals surface area contributed by atoms with Gasteiger partial charge in [-0.05, 0) is 24.3 Å². The predicted molar refractivity (Wildman–Crippen MR) is 80.1 cm³/mol. The van der Waals surface area contributed by atoms with Crippen LogP contribution >= 0.6 is 0 Å². The third kappa shape index (κ3) is 3.02. The molecule has 0 spiro atoms. The molecule has 1 heterocycles. The molecule has 0 saturated carbocycles. The molecule has 0 fully saturated rings. The van der Waals surface area contributed by atoms with Crippen molar-refractivity contribution in [2.45, 2.75) is 6.61 Å². The molecule has 0 aliphatic heterocycles. The normalized spacial score (nSPS) is 10.3. The molecule has 2 aromatic carbocycles. The van der Waals surface area contributed by atoms with Crippen LogP contribution in [-0.4, -0.2) is 17.2 Å². The molecule has 1 N–H and O–H groups in total. The Kier molecular flexibility index (Phi) is 3.82. The van der Waals surface area contributed by atoms with Crippen molar-refractivity contribution in [3.8, 4) is 17.2 Å². The summed E-state index contributed by atoms with van der Waals surface area (Å²) in [5, 5.41) is 7.05. The molecule has 5 heteroatoms. The zero-order valence-corrected chi connectivity index (χ0v) is 11.6. The number of nitrogens with one attached hydrogen (secondary N) is 1. The van der Waals surface area contributed by atoms with Gasteiger partial charge in [0, 0.05) is 12.7 Å². The van der Waals surface area contributed by atoms with Gasteiger partial charge in [-0.3, -0.25) is 0 Å². The van der Waals surface area contributed by atoms with E-state index in [1.165, 1.54) is 0 Å². The first-order valence-electron chi connectivity index (χ1n) is 6.64. The first-order valence-corrected chi connectivity index (χ1v) is 6.64. The van der Waals surface area contributed by atoms with E-state index in [4.69, 9.17) is 9.26 Å². The first-order chi connectivity index (χ1) is 10.4. The summed E-state index contributed by atoms with van der Waals surface area (Å²) in [5.74, 6) is 1.77. The van der Waals surface area contributed by atoms with Crippen molar-refractivity contribution in [3.63, 3.8) is 0 Å².